The number of rotatable bonds is 5. The minimum atomic E-state index is -3.07. The molecule has 6 nitrogen and oxygen atoms in total. The summed E-state index contributed by atoms with van der Waals surface area (Å²) in [4.78, 5) is 12.2. The van der Waals surface area contributed by atoms with E-state index in [0.717, 1.165) is 5.56 Å². The molecule has 0 saturated carbocycles. The molecule has 1 N–H and O–H groups in total. The predicted molar refractivity (Wildman–Crippen MR) is 82.9 cm³/mol. The number of carbonyl (C=O) groups is 1. The van der Waals surface area contributed by atoms with Gasteiger partial charge in [0.15, 0.2) is 9.84 Å². The summed E-state index contributed by atoms with van der Waals surface area (Å²) in [6.45, 7) is 1.83. The normalized spacial score (nSPS) is 21.1. The fourth-order valence-corrected chi connectivity index (χ4v) is 4.33. The number of hydrogen-bond acceptors (Lipinski definition) is 5. The summed E-state index contributed by atoms with van der Waals surface area (Å²) in [5, 5.41) is 2.86. The first-order valence-corrected chi connectivity index (χ1v) is 8.91. The average molecular weight is 327 g/mol. The molecule has 0 aliphatic carbocycles. The van der Waals surface area contributed by atoms with Crippen molar-refractivity contribution in [3.63, 3.8) is 0 Å². The van der Waals surface area contributed by atoms with Crippen molar-refractivity contribution in [1.29, 1.82) is 0 Å². The van der Waals surface area contributed by atoms with Gasteiger partial charge in [0.25, 0.3) is 0 Å². The Morgan fingerprint density at radius 1 is 1.32 bits per heavy atom. The van der Waals surface area contributed by atoms with E-state index in [1.807, 2.05) is 6.92 Å². The molecule has 0 bridgehead atoms. The van der Waals surface area contributed by atoms with Crippen molar-refractivity contribution in [2.75, 3.05) is 25.7 Å². The van der Waals surface area contributed by atoms with Gasteiger partial charge >= 0.3 is 0 Å². The zero-order chi connectivity index (χ0) is 16.3. The molecule has 1 saturated heterocycles. The van der Waals surface area contributed by atoms with Gasteiger partial charge < -0.3 is 14.8 Å². The minimum Gasteiger partial charge on any atom is -0.497 e. The van der Waals surface area contributed by atoms with Crippen LogP contribution < -0.4 is 14.8 Å². The first-order valence-electron chi connectivity index (χ1n) is 7.09. The van der Waals surface area contributed by atoms with Crippen molar-refractivity contribution < 1.29 is 22.7 Å². The fourth-order valence-electron chi connectivity index (χ4n) is 2.59. The summed E-state index contributed by atoms with van der Waals surface area (Å²) in [5.41, 5.74) is 0.788. The fraction of sp³-hybridized carbons (Fsp3) is 0.533. The first kappa shape index (κ1) is 16.6. The second-order valence-corrected chi connectivity index (χ2v) is 7.67. The van der Waals surface area contributed by atoms with Crippen molar-refractivity contribution in [3.8, 4) is 11.5 Å². The number of methoxy groups -OCH3 is 2. The van der Waals surface area contributed by atoms with Crippen LogP contribution in [-0.2, 0) is 14.6 Å². The second-order valence-electron chi connectivity index (χ2n) is 5.44. The third-order valence-corrected chi connectivity index (χ3v) is 5.63. The topological polar surface area (TPSA) is 81.7 Å². The zero-order valence-electron chi connectivity index (χ0n) is 13.0. The lowest BCUT2D eigenvalue weighted by Crippen LogP contribution is -2.33. The summed E-state index contributed by atoms with van der Waals surface area (Å²) in [6, 6.07) is 5.05. The van der Waals surface area contributed by atoms with Crippen LogP contribution in [0.15, 0.2) is 18.2 Å². The molecule has 1 aromatic carbocycles. The number of benzene rings is 1. The molecule has 2 atom stereocenters. The van der Waals surface area contributed by atoms with Gasteiger partial charge in [0.05, 0.1) is 37.7 Å². The number of ether oxygens (including phenoxy) is 2. The number of carbonyl (C=O) groups excluding carboxylic acids is 1. The van der Waals surface area contributed by atoms with E-state index in [2.05, 4.69) is 5.32 Å². The third kappa shape index (κ3) is 3.71. The second kappa shape index (κ2) is 6.56. The molecule has 1 fully saturated rings. The maximum atomic E-state index is 12.2. The summed E-state index contributed by atoms with van der Waals surface area (Å²) in [6.07, 6.45) is 0.385. The van der Waals surface area contributed by atoms with Gasteiger partial charge in [-0.2, -0.15) is 0 Å². The molecule has 2 rings (SSSR count). The summed E-state index contributed by atoms with van der Waals surface area (Å²) in [7, 11) is 0.0567. The van der Waals surface area contributed by atoms with Gasteiger partial charge in [-0.15, -0.1) is 0 Å². The molecule has 1 amide bonds. The monoisotopic (exact) mass is 327 g/mol. The highest BCUT2D eigenvalue weighted by Crippen LogP contribution is 2.30. The van der Waals surface area contributed by atoms with Crippen LogP contribution in [0.25, 0.3) is 0 Å². The Bertz CT molecular complexity index is 656. The van der Waals surface area contributed by atoms with Gasteiger partial charge in [-0.3, -0.25) is 4.79 Å². The largest absolute Gasteiger partial charge is 0.497 e. The first-order chi connectivity index (χ1) is 10.4. The molecule has 0 unspecified atom stereocenters. The van der Waals surface area contributed by atoms with E-state index in [4.69, 9.17) is 9.47 Å². The Balaban J connectivity index is 2.12. The zero-order valence-corrected chi connectivity index (χ0v) is 13.8. The molecule has 0 spiro atoms. The SMILES string of the molecule is COc1ccc(OC)c([C@H](C)NC(=O)[C@H]2CCS(=O)(=O)C2)c1. The van der Waals surface area contributed by atoms with Gasteiger partial charge in [-0.05, 0) is 31.5 Å². The van der Waals surface area contributed by atoms with Crippen LogP contribution in [0.3, 0.4) is 0 Å². The van der Waals surface area contributed by atoms with Gasteiger partial charge in [-0.25, -0.2) is 8.42 Å². The van der Waals surface area contributed by atoms with Crippen LogP contribution in [0.2, 0.25) is 0 Å². The molecular formula is C15H21NO5S. The molecule has 1 heterocycles. The Kier molecular flexibility index (Phi) is 4.95. The van der Waals surface area contributed by atoms with E-state index in [1.165, 1.54) is 0 Å². The highest BCUT2D eigenvalue weighted by Gasteiger charge is 2.33. The number of hydrogen-bond donors (Lipinski definition) is 1. The van der Waals surface area contributed by atoms with Crippen LogP contribution in [0.1, 0.15) is 24.9 Å². The number of nitrogens with one attached hydrogen (secondary N) is 1. The number of sulfone groups is 1. The summed E-state index contributed by atoms with van der Waals surface area (Å²) >= 11 is 0. The van der Waals surface area contributed by atoms with Gasteiger partial charge in [0, 0.05) is 5.56 Å². The van der Waals surface area contributed by atoms with Crippen molar-refractivity contribution in [1.82, 2.24) is 5.32 Å². The summed E-state index contributed by atoms with van der Waals surface area (Å²) in [5.74, 6) is 0.624. The Hall–Kier alpha value is -1.76. The Labute approximate surface area is 130 Å². The van der Waals surface area contributed by atoms with E-state index >= 15 is 0 Å². The maximum Gasteiger partial charge on any atom is 0.224 e. The quantitative estimate of drug-likeness (QED) is 0.882. The summed E-state index contributed by atoms with van der Waals surface area (Å²) < 4.78 is 33.4. The van der Waals surface area contributed by atoms with E-state index in [0.29, 0.717) is 17.9 Å². The van der Waals surface area contributed by atoms with Gasteiger partial charge in [-0.1, -0.05) is 0 Å². The molecular weight excluding hydrogens is 306 g/mol. The van der Waals surface area contributed by atoms with Crippen molar-refractivity contribution in [2.45, 2.75) is 19.4 Å². The lowest BCUT2D eigenvalue weighted by Gasteiger charge is -2.19. The van der Waals surface area contributed by atoms with Crippen molar-refractivity contribution in [2.24, 2.45) is 5.92 Å². The molecule has 0 aromatic heterocycles. The van der Waals surface area contributed by atoms with E-state index in [-0.39, 0.29) is 23.5 Å². The maximum absolute atomic E-state index is 12.2. The van der Waals surface area contributed by atoms with E-state index in [1.54, 1.807) is 32.4 Å². The Morgan fingerprint density at radius 3 is 2.59 bits per heavy atom. The standard InChI is InChI=1S/C15H21NO5S/c1-10(13-8-12(20-2)4-5-14(13)21-3)16-15(17)11-6-7-22(18,19)9-11/h4-5,8,10-11H,6-7,9H2,1-3H3,(H,16,17)/t10-,11-/m0/s1. The van der Waals surface area contributed by atoms with Gasteiger partial charge in [0.1, 0.15) is 11.5 Å². The van der Waals surface area contributed by atoms with Crippen LogP contribution in [-0.4, -0.2) is 40.1 Å². The molecule has 0 radical (unpaired) electrons. The smallest absolute Gasteiger partial charge is 0.224 e. The van der Waals surface area contributed by atoms with E-state index < -0.39 is 15.8 Å². The molecule has 1 aliphatic rings. The molecule has 22 heavy (non-hydrogen) atoms. The Morgan fingerprint density at radius 2 is 2.05 bits per heavy atom. The van der Waals surface area contributed by atoms with Gasteiger partial charge in [0.2, 0.25) is 5.91 Å². The van der Waals surface area contributed by atoms with Crippen molar-refractivity contribution >= 4 is 15.7 Å². The van der Waals surface area contributed by atoms with Crippen molar-refractivity contribution in [3.05, 3.63) is 23.8 Å². The highest BCUT2D eigenvalue weighted by atomic mass is 32.2. The average Bonchev–Trinajstić information content (AvgIpc) is 2.86. The predicted octanol–water partition coefficient (Wildman–Crippen LogP) is 1.32. The van der Waals surface area contributed by atoms with Crippen LogP contribution >= 0.6 is 0 Å². The van der Waals surface area contributed by atoms with Crippen LogP contribution in [0, 0.1) is 5.92 Å². The van der Waals surface area contributed by atoms with Crippen LogP contribution in [0.5, 0.6) is 11.5 Å². The van der Waals surface area contributed by atoms with Crippen LogP contribution in [0.4, 0.5) is 0 Å². The molecule has 7 heteroatoms. The molecule has 122 valence electrons. The third-order valence-electron chi connectivity index (χ3n) is 3.87. The molecule has 1 aliphatic heterocycles. The highest BCUT2D eigenvalue weighted by molar-refractivity contribution is 7.91. The lowest BCUT2D eigenvalue weighted by atomic mass is 10.0. The number of amides is 1. The minimum absolute atomic E-state index is 0.0687. The molecule has 1 aromatic rings. The van der Waals surface area contributed by atoms with E-state index in [9.17, 15) is 13.2 Å². The lowest BCUT2D eigenvalue weighted by molar-refractivity contribution is -0.124.